The minimum atomic E-state index is -0.0827. The van der Waals surface area contributed by atoms with Gasteiger partial charge in [-0.1, -0.05) is 114 Å². The fourth-order valence-electron chi connectivity index (χ4n) is 5.77. The first kappa shape index (κ1) is 27.8. The van der Waals surface area contributed by atoms with E-state index >= 15 is 0 Å². The number of para-hydroxylation sites is 2. The maximum atomic E-state index is 5.27. The van der Waals surface area contributed by atoms with Crippen molar-refractivity contribution in [1.82, 2.24) is 19.9 Å². The van der Waals surface area contributed by atoms with Crippen LogP contribution < -0.4 is 0 Å². The third-order valence-corrected chi connectivity index (χ3v) is 8.24. The number of aromatic nitrogens is 4. The van der Waals surface area contributed by atoms with Gasteiger partial charge >= 0.3 is 0 Å². The Kier molecular flexibility index (Phi) is 6.55. The van der Waals surface area contributed by atoms with E-state index in [1.807, 2.05) is 42.5 Å². The summed E-state index contributed by atoms with van der Waals surface area (Å²) < 4.78 is 0. The molecule has 0 aliphatic heterocycles. The van der Waals surface area contributed by atoms with Crippen LogP contribution in [0.4, 0.5) is 0 Å². The van der Waals surface area contributed by atoms with Crippen molar-refractivity contribution in [3.05, 3.63) is 121 Å². The second-order valence-electron chi connectivity index (χ2n) is 13.6. The number of benzene rings is 4. The number of nitrogens with zero attached hydrogens (tertiary/aromatic N) is 4. The van der Waals surface area contributed by atoms with Crippen molar-refractivity contribution >= 4 is 32.8 Å². The van der Waals surface area contributed by atoms with E-state index in [1.54, 1.807) is 0 Å². The third kappa shape index (κ3) is 5.01. The van der Waals surface area contributed by atoms with Crippen molar-refractivity contribution in [3.8, 4) is 33.6 Å². The maximum Gasteiger partial charge on any atom is 0.0974 e. The number of pyridine rings is 2. The van der Waals surface area contributed by atoms with Crippen molar-refractivity contribution in [2.24, 2.45) is 0 Å². The second-order valence-corrected chi connectivity index (χ2v) is 13.6. The van der Waals surface area contributed by atoms with Gasteiger partial charge in [-0.3, -0.25) is 0 Å². The molecule has 0 saturated carbocycles. The van der Waals surface area contributed by atoms with E-state index in [0.717, 1.165) is 77.9 Å². The molecule has 7 aromatic rings. The van der Waals surface area contributed by atoms with E-state index < -0.39 is 0 Å². The molecule has 0 spiro atoms. The van der Waals surface area contributed by atoms with Crippen molar-refractivity contribution in [2.75, 3.05) is 0 Å². The van der Waals surface area contributed by atoms with Crippen LogP contribution in [0, 0.1) is 0 Å². The van der Waals surface area contributed by atoms with Crippen LogP contribution in [0.3, 0.4) is 0 Å². The van der Waals surface area contributed by atoms with Gasteiger partial charge in [-0.25, -0.2) is 19.9 Å². The second kappa shape index (κ2) is 10.3. The molecule has 4 heteroatoms. The molecule has 0 fully saturated rings. The average molecular weight is 573 g/mol. The van der Waals surface area contributed by atoms with Gasteiger partial charge in [0.25, 0.3) is 0 Å². The first-order valence-corrected chi connectivity index (χ1v) is 15.2. The quantitative estimate of drug-likeness (QED) is 0.198. The van der Waals surface area contributed by atoms with Gasteiger partial charge in [0, 0.05) is 44.1 Å². The normalized spacial score (nSPS) is 12.3. The summed E-state index contributed by atoms with van der Waals surface area (Å²) in [6.07, 6.45) is 0. The topological polar surface area (TPSA) is 51.6 Å². The van der Waals surface area contributed by atoms with Gasteiger partial charge in [0.05, 0.1) is 33.5 Å². The highest BCUT2D eigenvalue weighted by atomic mass is 14.8. The van der Waals surface area contributed by atoms with Crippen molar-refractivity contribution in [3.63, 3.8) is 0 Å². The van der Waals surface area contributed by atoms with Crippen molar-refractivity contribution < 1.29 is 0 Å². The molecule has 0 atom stereocenters. The largest absolute Gasteiger partial charge is 0.250 e. The lowest BCUT2D eigenvalue weighted by Gasteiger charge is -2.21. The first-order valence-electron chi connectivity index (χ1n) is 15.2. The predicted octanol–water partition coefficient (Wildman–Crippen LogP) is 10.3. The number of hydrogen-bond donors (Lipinski definition) is 0. The molecule has 216 valence electrons. The van der Waals surface area contributed by atoms with Crippen LogP contribution in [0.1, 0.15) is 52.9 Å². The summed E-state index contributed by atoms with van der Waals surface area (Å²) in [5, 5.41) is 2.18. The summed E-state index contributed by atoms with van der Waals surface area (Å²) >= 11 is 0. The summed E-state index contributed by atoms with van der Waals surface area (Å²) in [5.74, 6) is 0. The molecule has 0 saturated heterocycles. The highest BCUT2D eigenvalue weighted by Crippen LogP contribution is 2.38. The van der Waals surface area contributed by atoms with E-state index in [0.29, 0.717) is 0 Å². The van der Waals surface area contributed by atoms with Gasteiger partial charge in [0.1, 0.15) is 0 Å². The van der Waals surface area contributed by atoms with Crippen LogP contribution in [0.25, 0.3) is 66.5 Å². The summed E-state index contributed by atoms with van der Waals surface area (Å²) in [4.78, 5) is 20.7. The van der Waals surface area contributed by atoms with E-state index in [9.17, 15) is 0 Å². The average Bonchev–Trinajstić information content (AvgIpc) is 3.03. The van der Waals surface area contributed by atoms with Crippen LogP contribution in [0.2, 0.25) is 0 Å². The Morgan fingerprint density at radius 1 is 0.432 bits per heavy atom. The van der Waals surface area contributed by atoms with E-state index in [2.05, 4.69) is 108 Å². The highest BCUT2D eigenvalue weighted by Gasteiger charge is 2.21. The lowest BCUT2D eigenvalue weighted by molar-refractivity contribution is 0.570. The van der Waals surface area contributed by atoms with Gasteiger partial charge < -0.3 is 0 Å². The molecule has 44 heavy (non-hydrogen) atoms. The Bertz CT molecular complexity index is 2190. The Morgan fingerprint density at radius 2 is 0.977 bits per heavy atom. The minimum Gasteiger partial charge on any atom is -0.250 e. The summed E-state index contributed by atoms with van der Waals surface area (Å²) in [5.41, 5.74) is 11.7. The minimum absolute atomic E-state index is 0.0630. The Morgan fingerprint density at radius 3 is 1.64 bits per heavy atom. The van der Waals surface area contributed by atoms with Gasteiger partial charge in [-0.2, -0.15) is 0 Å². The zero-order chi connectivity index (χ0) is 30.6. The molecule has 4 nitrogen and oxygen atoms in total. The van der Waals surface area contributed by atoms with Crippen molar-refractivity contribution in [1.29, 1.82) is 0 Å². The smallest absolute Gasteiger partial charge is 0.0974 e. The standard InChI is InChI=1S/C40H36N4/c1-39(2,3)33-21-19-28-24-30(29-20-22-34(40(4,5)6)44-38(29)37(28)43-33)26-15-12-16-27(23-26)36-35(25-13-8-7-9-14-25)41-31-17-10-11-18-32(31)42-36/h7-24H,1-6H3. The Hall–Kier alpha value is -4.96. The molecule has 0 amide bonds. The van der Waals surface area contributed by atoms with E-state index in [4.69, 9.17) is 19.9 Å². The lowest BCUT2D eigenvalue weighted by Crippen LogP contribution is -2.14. The fourth-order valence-corrected chi connectivity index (χ4v) is 5.77. The van der Waals surface area contributed by atoms with Crippen LogP contribution in [0.5, 0.6) is 0 Å². The molecule has 0 radical (unpaired) electrons. The molecule has 4 aromatic carbocycles. The first-order chi connectivity index (χ1) is 21.1. The molecule has 0 aliphatic rings. The van der Waals surface area contributed by atoms with Crippen LogP contribution >= 0.6 is 0 Å². The fraction of sp³-hybridized carbons (Fsp3) is 0.200. The summed E-state index contributed by atoms with van der Waals surface area (Å²) in [7, 11) is 0. The Labute approximate surface area is 258 Å². The molecule has 7 rings (SSSR count). The molecular weight excluding hydrogens is 536 g/mol. The van der Waals surface area contributed by atoms with Gasteiger partial charge in [-0.15, -0.1) is 0 Å². The third-order valence-electron chi connectivity index (χ3n) is 8.24. The van der Waals surface area contributed by atoms with Crippen LogP contribution in [-0.4, -0.2) is 19.9 Å². The number of hydrogen-bond acceptors (Lipinski definition) is 4. The van der Waals surface area contributed by atoms with Crippen LogP contribution in [0.15, 0.2) is 109 Å². The molecule has 0 unspecified atom stereocenters. The van der Waals surface area contributed by atoms with Gasteiger partial charge in [-0.05, 0) is 47.5 Å². The number of rotatable bonds is 3. The monoisotopic (exact) mass is 572 g/mol. The molecular formula is C40H36N4. The molecule has 3 aromatic heterocycles. The van der Waals surface area contributed by atoms with Gasteiger partial charge in [0.2, 0.25) is 0 Å². The van der Waals surface area contributed by atoms with Gasteiger partial charge in [0.15, 0.2) is 0 Å². The van der Waals surface area contributed by atoms with E-state index in [1.165, 1.54) is 0 Å². The Balaban J connectivity index is 1.48. The van der Waals surface area contributed by atoms with Crippen molar-refractivity contribution in [2.45, 2.75) is 52.4 Å². The summed E-state index contributed by atoms with van der Waals surface area (Å²) in [6.45, 7) is 13.2. The molecule has 0 bridgehead atoms. The number of fused-ring (bicyclic) bond motifs is 4. The zero-order valence-corrected chi connectivity index (χ0v) is 26.2. The zero-order valence-electron chi connectivity index (χ0n) is 26.2. The SMILES string of the molecule is CC(C)(C)c1ccc2cc(-c3cccc(-c4nc5ccccc5nc4-c4ccccc4)c3)c3ccc(C(C)(C)C)nc3c2n1. The highest BCUT2D eigenvalue weighted by molar-refractivity contribution is 6.10. The molecule has 0 aliphatic carbocycles. The maximum absolute atomic E-state index is 5.27. The molecule has 0 N–H and O–H groups in total. The van der Waals surface area contributed by atoms with Crippen LogP contribution in [-0.2, 0) is 10.8 Å². The summed E-state index contributed by atoms with van der Waals surface area (Å²) in [6, 6.07) is 38.0. The lowest BCUT2D eigenvalue weighted by atomic mass is 9.89. The predicted molar refractivity (Wildman–Crippen MR) is 184 cm³/mol. The van der Waals surface area contributed by atoms with E-state index in [-0.39, 0.29) is 10.8 Å². The molecule has 3 heterocycles.